The van der Waals surface area contributed by atoms with Gasteiger partial charge in [-0.15, -0.1) is 0 Å². The summed E-state index contributed by atoms with van der Waals surface area (Å²) in [5.74, 6) is -0.194. The number of amides is 1. The van der Waals surface area contributed by atoms with Gasteiger partial charge in [-0.2, -0.15) is 5.10 Å². The highest BCUT2D eigenvalue weighted by atomic mass is 16.3. The Bertz CT molecular complexity index is 385. The topological polar surface area (TPSA) is 78.0 Å². The van der Waals surface area contributed by atoms with Crippen LogP contribution in [0.5, 0.6) is 0 Å². The van der Waals surface area contributed by atoms with E-state index < -0.39 is 6.10 Å². The van der Waals surface area contributed by atoms with Gasteiger partial charge in [-0.05, 0) is 32.6 Å². The van der Waals surface area contributed by atoms with Crippen LogP contribution in [0.15, 0.2) is 0 Å². The first kappa shape index (κ1) is 11.1. The van der Waals surface area contributed by atoms with Crippen molar-refractivity contribution in [3.63, 3.8) is 0 Å². The molecule has 5 nitrogen and oxygen atoms in total. The molecular weight excluding hydrogens is 206 g/mol. The van der Waals surface area contributed by atoms with Crippen molar-refractivity contribution in [3.8, 4) is 0 Å². The third-order valence-electron chi connectivity index (χ3n) is 2.83. The van der Waals surface area contributed by atoms with Gasteiger partial charge in [0.15, 0.2) is 5.69 Å². The lowest BCUT2D eigenvalue weighted by molar-refractivity contribution is 0.0918. The normalized spacial score (nSPS) is 16.6. The van der Waals surface area contributed by atoms with E-state index in [1.165, 1.54) is 0 Å². The van der Waals surface area contributed by atoms with E-state index in [0.29, 0.717) is 5.69 Å². The first-order valence-corrected chi connectivity index (χ1v) is 5.71. The number of H-pyrrole nitrogens is 1. The van der Waals surface area contributed by atoms with Crippen molar-refractivity contribution in [2.75, 3.05) is 6.54 Å². The van der Waals surface area contributed by atoms with E-state index in [0.717, 1.165) is 36.9 Å². The SMILES string of the molecule is CC(O)CNC(=O)c1n[nH]c2c1CCCC2. The molecule has 1 aliphatic rings. The fourth-order valence-corrected chi connectivity index (χ4v) is 1.99. The minimum Gasteiger partial charge on any atom is -0.392 e. The van der Waals surface area contributed by atoms with Crippen LogP contribution in [-0.2, 0) is 12.8 Å². The van der Waals surface area contributed by atoms with Crippen LogP contribution in [0, 0.1) is 0 Å². The highest BCUT2D eigenvalue weighted by Gasteiger charge is 2.21. The van der Waals surface area contributed by atoms with Crippen LogP contribution >= 0.6 is 0 Å². The largest absolute Gasteiger partial charge is 0.392 e. The summed E-state index contributed by atoms with van der Waals surface area (Å²) >= 11 is 0. The highest BCUT2D eigenvalue weighted by molar-refractivity contribution is 5.94. The average molecular weight is 223 g/mol. The molecule has 0 saturated carbocycles. The Balaban J connectivity index is 2.08. The fourth-order valence-electron chi connectivity index (χ4n) is 1.99. The number of aryl methyl sites for hydroxylation is 1. The van der Waals surface area contributed by atoms with Crippen LogP contribution in [0.3, 0.4) is 0 Å². The molecule has 5 heteroatoms. The zero-order valence-electron chi connectivity index (χ0n) is 9.42. The smallest absolute Gasteiger partial charge is 0.272 e. The molecular formula is C11H17N3O2. The number of rotatable bonds is 3. The van der Waals surface area contributed by atoms with Gasteiger partial charge < -0.3 is 10.4 Å². The van der Waals surface area contributed by atoms with E-state index in [4.69, 9.17) is 5.11 Å². The molecule has 0 radical (unpaired) electrons. The van der Waals surface area contributed by atoms with E-state index in [1.54, 1.807) is 6.92 Å². The van der Waals surface area contributed by atoms with Crippen molar-refractivity contribution >= 4 is 5.91 Å². The predicted octanol–water partition coefficient (Wildman–Crippen LogP) is 0.399. The molecule has 1 unspecified atom stereocenters. The van der Waals surface area contributed by atoms with Crippen molar-refractivity contribution < 1.29 is 9.90 Å². The Hall–Kier alpha value is -1.36. The molecule has 3 N–H and O–H groups in total. The molecule has 0 aromatic carbocycles. The highest BCUT2D eigenvalue weighted by Crippen LogP contribution is 2.21. The molecule has 1 atom stereocenters. The van der Waals surface area contributed by atoms with Crippen molar-refractivity contribution in [2.24, 2.45) is 0 Å². The summed E-state index contributed by atoms with van der Waals surface area (Å²) < 4.78 is 0. The lowest BCUT2D eigenvalue weighted by atomic mass is 9.96. The first-order chi connectivity index (χ1) is 7.68. The third-order valence-corrected chi connectivity index (χ3v) is 2.83. The molecule has 88 valence electrons. The second-order valence-corrected chi connectivity index (χ2v) is 4.30. The zero-order valence-corrected chi connectivity index (χ0v) is 9.42. The van der Waals surface area contributed by atoms with Crippen molar-refractivity contribution in [1.29, 1.82) is 0 Å². The van der Waals surface area contributed by atoms with E-state index >= 15 is 0 Å². The number of aliphatic hydroxyl groups is 1. The summed E-state index contributed by atoms with van der Waals surface area (Å²) in [7, 11) is 0. The molecule has 2 rings (SSSR count). The van der Waals surface area contributed by atoms with Gasteiger partial charge in [0.1, 0.15) is 0 Å². The maximum atomic E-state index is 11.8. The van der Waals surface area contributed by atoms with Gasteiger partial charge in [-0.25, -0.2) is 0 Å². The molecule has 0 fully saturated rings. The van der Waals surface area contributed by atoms with Gasteiger partial charge >= 0.3 is 0 Å². The maximum Gasteiger partial charge on any atom is 0.272 e. The molecule has 0 aliphatic heterocycles. The molecule has 1 aliphatic carbocycles. The Labute approximate surface area is 94.2 Å². The molecule has 1 aromatic heterocycles. The molecule has 0 bridgehead atoms. The number of fused-ring (bicyclic) bond motifs is 1. The van der Waals surface area contributed by atoms with Gasteiger partial charge in [0.05, 0.1) is 6.10 Å². The Kier molecular flexibility index (Phi) is 3.24. The fraction of sp³-hybridized carbons (Fsp3) is 0.636. The summed E-state index contributed by atoms with van der Waals surface area (Å²) in [4.78, 5) is 11.8. The zero-order chi connectivity index (χ0) is 11.5. The van der Waals surface area contributed by atoms with Crippen molar-refractivity contribution in [1.82, 2.24) is 15.5 Å². The minimum absolute atomic E-state index is 0.194. The summed E-state index contributed by atoms with van der Waals surface area (Å²) in [5, 5.41) is 18.7. The quantitative estimate of drug-likeness (QED) is 0.694. The summed E-state index contributed by atoms with van der Waals surface area (Å²) in [6, 6.07) is 0. The number of carbonyl (C=O) groups is 1. The Morgan fingerprint density at radius 3 is 3.06 bits per heavy atom. The number of hydrogen-bond donors (Lipinski definition) is 3. The van der Waals surface area contributed by atoms with Crippen molar-refractivity contribution in [2.45, 2.75) is 38.7 Å². The molecule has 0 saturated heterocycles. The van der Waals surface area contributed by atoms with Crippen molar-refractivity contribution in [3.05, 3.63) is 17.0 Å². The standard InChI is InChI=1S/C11H17N3O2/c1-7(15)6-12-11(16)10-8-4-2-3-5-9(8)13-14-10/h7,15H,2-6H2,1H3,(H,12,16)(H,13,14). The van der Waals surface area contributed by atoms with E-state index in [9.17, 15) is 4.79 Å². The molecule has 1 heterocycles. The van der Waals surface area contributed by atoms with Gasteiger partial charge in [-0.1, -0.05) is 0 Å². The van der Waals surface area contributed by atoms with Gasteiger partial charge in [0.25, 0.3) is 5.91 Å². The molecule has 1 amide bonds. The molecule has 1 aromatic rings. The van der Waals surface area contributed by atoms with Crippen LogP contribution in [-0.4, -0.2) is 33.9 Å². The number of aliphatic hydroxyl groups excluding tert-OH is 1. The monoisotopic (exact) mass is 223 g/mol. The lowest BCUT2D eigenvalue weighted by Gasteiger charge is -2.11. The Morgan fingerprint density at radius 2 is 2.31 bits per heavy atom. The number of carbonyl (C=O) groups excluding carboxylic acids is 1. The van der Waals surface area contributed by atoms with Crippen LogP contribution in [0.2, 0.25) is 0 Å². The van der Waals surface area contributed by atoms with E-state index in [1.807, 2.05) is 0 Å². The number of aromatic nitrogens is 2. The van der Waals surface area contributed by atoms with E-state index in [2.05, 4.69) is 15.5 Å². The first-order valence-electron chi connectivity index (χ1n) is 5.71. The lowest BCUT2D eigenvalue weighted by Crippen LogP contribution is -2.31. The maximum absolute atomic E-state index is 11.8. The van der Waals surface area contributed by atoms with Gasteiger partial charge in [0.2, 0.25) is 0 Å². The van der Waals surface area contributed by atoms with Crippen LogP contribution < -0.4 is 5.32 Å². The van der Waals surface area contributed by atoms with Crippen LogP contribution in [0.25, 0.3) is 0 Å². The summed E-state index contributed by atoms with van der Waals surface area (Å²) in [6.07, 6.45) is 3.64. The Morgan fingerprint density at radius 1 is 1.56 bits per heavy atom. The summed E-state index contributed by atoms with van der Waals surface area (Å²) in [6.45, 7) is 1.90. The van der Waals surface area contributed by atoms with Gasteiger partial charge in [0, 0.05) is 17.8 Å². The second-order valence-electron chi connectivity index (χ2n) is 4.30. The average Bonchev–Trinajstić information content (AvgIpc) is 2.69. The summed E-state index contributed by atoms with van der Waals surface area (Å²) in [5.41, 5.74) is 2.64. The number of nitrogens with zero attached hydrogens (tertiary/aromatic N) is 1. The van der Waals surface area contributed by atoms with Gasteiger partial charge in [-0.3, -0.25) is 9.89 Å². The second kappa shape index (κ2) is 4.65. The molecule has 0 spiro atoms. The number of hydrogen-bond acceptors (Lipinski definition) is 3. The minimum atomic E-state index is -0.529. The number of nitrogens with one attached hydrogen (secondary N) is 2. The third kappa shape index (κ3) is 2.24. The molecule has 16 heavy (non-hydrogen) atoms. The van der Waals surface area contributed by atoms with Crippen LogP contribution in [0.4, 0.5) is 0 Å². The predicted molar refractivity (Wildman–Crippen MR) is 59.2 cm³/mol. The van der Waals surface area contributed by atoms with Crippen LogP contribution in [0.1, 0.15) is 41.5 Å². The van der Waals surface area contributed by atoms with E-state index in [-0.39, 0.29) is 12.5 Å². The number of aromatic amines is 1.